The molecule has 1 aromatic heterocycles. The number of hydrogen-bond donors (Lipinski definition) is 1. The van der Waals surface area contributed by atoms with Gasteiger partial charge in [-0.05, 0) is 12.1 Å². The molecule has 1 N–H and O–H groups in total. The van der Waals surface area contributed by atoms with Crippen LogP contribution in [-0.4, -0.2) is 31.7 Å². The Hall–Kier alpha value is -2.76. The zero-order chi connectivity index (χ0) is 17.1. The fraction of sp³-hybridized carbons (Fsp3) is 0.333. The Balaban J connectivity index is 1.99. The normalized spacial score (nSPS) is 16.9. The highest BCUT2D eigenvalue weighted by molar-refractivity contribution is 5.97. The highest BCUT2D eigenvalue weighted by atomic mass is 16.5. The first kappa shape index (κ1) is 16.1. The van der Waals surface area contributed by atoms with Gasteiger partial charge in [0.05, 0.1) is 38.1 Å². The van der Waals surface area contributed by atoms with Crippen molar-refractivity contribution in [2.75, 3.05) is 31.0 Å². The number of hydrogen-bond acceptors (Lipinski definition) is 5. The number of fused-ring (bicyclic) bond motifs is 1. The number of para-hydroxylation sites is 2. The summed E-state index contributed by atoms with van der Waals surface area (Å²) in [5.41, 5.74) is 2.56. The van der Waals surface area contributed by atoms with E-state index >= 15 is 0 Å². The van der Waals surface area contributed by atoms with Crippen molar-refractivity contribution in [1.82, 2.24) is 4.98 Å². The fourth-order valence-electron chi connectivity index (χ4n) is 2.92. The lowest BCUT2D eigenvalue weighted by atomic mass is 10.1. The molecule has 1 aromatic carbocycles. The van der Waals surface area contributed by atoms with E-state index in [1.54, 1.807) is 26.5 Å². The van der Waals surface area contributed by atoms with Crippen LogP contribution in [0.2, 0.25) is 0 Å². The Bertz CT molecular complexity index is 748. The third-order valence-corrected chi connectivity index (χ3v) is 4.15. The number of carbonyl (C=O) groups is 1. The first-order valence-corrected chi connectivity index (χ1v) is 7.84. The van der Waals surface area contributed by atoms with Crippen molar-refractivity contribution in [1.29, 1.82) is 0 Å². The number of methoxy groups -OCH3 is 2. The molecular weight excluding hydrogens is 306 g/mol. The standard InChI is InChI=1S/C18H21N3O3/c1-12-10-21(15-7-5-4-6-13(15)20-18(12)22)11-14-17(24-3)16(23-2)8-9-19-14/h4-9,12H,10-11H2,1-3H3,(H,20,22). The maximum absolute atomic E-state index is 12.2. The van der Waals surface area contributed by atoms with Gasteiger partial charge in [0.2, 0.25) is 5.91 Å². The largest absolute Gasteiger partial charge is 0.493 e. The molecule has 1 atom stereocenters. The van der Waals surface area contributed by atoms with Gasteiger partial charge >= 0.3 is 0 Å². The third-order valence-electron chi connectivity index (χ3n) is 4.15. The molecule has 2 aromatic rings. The van der Waals surface area contributed by atoms with Crippen LogP contribution in [-0.2, 0) is 11.3 Å². The second-order valence-corrected chi connectivity index (χ2v) is 5.78. The quantitative estimate of drug-likeness (QED) is 0.935. The summed E-state index contributed by atoms with van der Waals surface area (Å²) in [6, 6.07) is 9.56. The molecule has 24 heavy (non-hydrogen) atoms. The molecule has 0 saturated carbocycles. The Morgan fingerprint density at radius 1 is 1.25 bits per heavy atom. The number of ether oxygens (including phenoxy) is 2. The van der Waals surface area contributed by atoms with Crippen LogP contribution in [0.1, 0.15) is 12.6 Å². The fourth-order valence-corrected chi connectivity index (χ4v) is 2.92. The predicted octanol–water partition coefficient (Wildman–Crippen LogP) is 2.69. The molecule has 1 unspecified atom stereocenters. The van der Waals surface area contributed by atoms with E-state index in [2.05, 4.69) is 15.2 Å². The van der Waals surface area contributed by atoms with Gasteiger partial charge in [0.1, 0.15) is 5.69 Å². The number of anilines is 2. The van der Waals surface area contributed by atoms with Crippen molar-refractivity contribution in [2.45, 2.75) is 13.5 Å². The topological polar surface area (TPSA) is 63.7 Å². The van der Waals surface area contributed by atoms with E-state index < -0.39 is 0 Å². The van der Waals surface area contributed by atoms with Crippen LogP contribution >= 0.6 is 0 Å². The van der Waals surface area contributed by atoms with Gasteiger partial charge in [-0.3, -0.25) is 9.78 Å². The number of nitrogens with zero attached hydrogens (tertiary/aromatic N) is 2. The number of pyridine rings is 1. The lowest BCUT2D eigenvalue weighted by Crippen LogP contribution is -2.30. The molecule has 0 fully saturated rings. The minimum Gasteiger partial charge on any atom is -0.493 e. The highest BCUT2D eigenvalue weighted by Gasteiger charge is 2.26. The summed E-state index contributed by atoms with van der Waals surface area (Å²) in [4.78, 5) is 18.8. The van der Waals surface area contributed by atoms with E-state index in [4.69, 9.17) is 9.47 Å². The van der Waals surface area contributed by atoms with Gasteiger partial charge in [-0.25, -0.2) is 0 Å². The molecule has 126 valence electrons. The first-order valence-electron chi connectivity index (χ1n) is 7.84. The molecule has 2 heterocycles. The third kappa shape index (κ3) is 2.99. The molecule has 0 aliphatic carbocycles. The molecule has 0 radical (unpaired) electrons. The van der Waals surface area contributed by atoms with Crippen LogP contribution in [0.3, 0.4) is 0 Å². The van der Waals surface area contributed by atoms with Gasteiger partial charge < -0.3 is 19.7 Å². The van der Waals surface area contributed by atoms with Gasteiger partial charge in [0.25, 0.3) is 0 Å². The van der Waals surface area contributed by atoms with Gasteiger partial charge in [-0.2, -0.15) is 0 Å². The lowest BCUT2D eigenvalue weighted by Gasteiger charge is -2.26. The van der Waals surface area contributed by atoms with Gasteiger partial charge in [-0.15, -0.1) is 0 Å². The number of amides is 1. The number of nitrogens with one attached hydrogen (secondary N) is 1. The maximum Gasteiger partial charge on any atom is 0.229 e. The Morgan fingerprint density at radius 2 is 2.04 bits per heavy atom. The van der Waals surface area contributed by atoms with Crippen molar-refractivity contribution < 1.29 is 14.3 Å². The Morgan fingerprint density at radius 3 is 2.79 bits per heavy atom. The smallest absolute Gasteiger partial charge is 0.229 e. The molecule has 0 saturated heterocycles. The summed E-state index contributed by atoms with van der Waals surface area (Å²) in [7, 11) is 3.21. The average molecular weight is 327 g/mol. The average Bonchev–Trinajstić information content (AvgIpc) is 2.72. The highest BCUT2D eigenvalue weighted by Crippen LogP contribution is 2.34. The number of carbonyl (C=O) groups excluding carboxylic acids is 1. The summed E-state index contributed by atoms with van der Waals surface area (Å²) in [6.07, 6.45) is 1.70. The number of rotatable bonds is 4. The van der Waals surface area contributed by atoms with E-state index in [1.807, 2.05) is 31.2 Å². The van der Waals surface area contributed by atoms with Crippen LogP contribution in [0, 0.1) is 5.92 Å². The summed E-state index contributed by atoms with van der Waals surface area (Å²) in [5, 5.41) is 2.98. The van der Waals surface area contributed by atoms with Crippen LogP contribution in [0.4, 0.5) is 11.4 Å². The molecular formula is C18H21N3O3. The van der Waals surface area contributed by atoms with Crippen molar-refractivity contribution in [3.63, 3.8) is 0 Å². The molecule has 1 aliphatic heterocycles. The minimum atomic E-state index is -0.131. The summed E-state index contributed by atoms with van der Waals surface area (Å²) in [6.45, 7) is 3.05. The van der Waals surface area contributed by atoms with E-state index in [-0.39, 0.29) is 11.8 Å². The van der Waals surface area contributed by atoms with Crippen molar-refractivity contribution in [3.8, 4) is 11.5 Å². The van der Waals surface area contributed by atoms with Crippen molar-refractivity contribution >= 4 is 17.3 Å². The summed E-state index contributed by atoms with van der Waals surface area (Å²) < 4.78 is 10.8. The summed E-state index contributed by atoms with van der Waals surface area (Å²) in [5.74, 6) is 1.16. The number of aromatic nitrogens is 1. The maximum atomic E-state index is 12.2. The molecule has 1 amide bonds. The molecule has 0 spiro atoms. The van der Waals surface area contributed by atoms with Crippen molar-refractivity contribution in [3.05, 3.63) is 42.2 Å². The van der Waals surface area contributed by atoms with Gasteiger partial charge in [-0.1, -0.05) is 19.1 Å². The van der Waals surface area contributed by atoms with E-state index in [9.17, 15) is 4.79 Å². The first-order chi connectivity index (χ1) is 11.6. The molecule has 3 rings (SSSR count). The van der Waals surface area contributed by atoms with E-state index in [0.29, 0.717) is 24.6 Å². The van der Waals surface area contributed by atoms with Crippen LogP contribution in [0.5, 0.6) is 11.5 Å². The Labute approximate surface area is 141 Å². The monoisotopic (exact) mass is 327 g/mol. The SMILES string of the molecule is COc1ccnc(CN2CC(C)C(=O)Nc3ccccc32)c1OC. The van der Waals surface area contributed by atoms with Crippen LogP contribution < -0.4 is 19.7 Å². The van der Waals surface area contributed by atoms with Gasteiger partial charge in [0, 0.05) is 18.8 Å². The molecule has 1 aliphatic rings. The number of benzene rings is 1. The molecule has 6 heteroatoms. The lowest BCUT2D eigenvalue weighted by molar-refractivity contribution is -0.119. The predicted molar refractivity (Wildman–Crippen MR) is 92.6 cm³/mol. The second kappa shape index (κ2) is 6.78. The van der Waals surface area contributed by atoms with Gasteiger partial charge in [0.15, 0.2) is 11.5 Å². The van der Waals surface area contributed by atoms with E-state index in [0.717, 1.165) is 17.1 Å². The zero-order valence-corrected chi connectivity index (χ0v) is 14.1. The Kier molecular flexibility index (Phi) is 4.55. The van der Waals surface area contributed by atoms with Crippen LogP contribution in [0.25, 0.3) is 0 Å². The van der Waals surface area contributed by atoms with Crippen LogP contribution in [0.15, 0.2) is 36.5 Å². The zero-order valence-electron chi connectivity index (χ0n) is 14.1. The van der Waals surface area contributed by atoms with E-state index in [1.165, 1.54) is 0 Å². The second-order valence-electron chi connectivity index (χ2n) is 5.78. The summed E-state index contributed by atoms with van der Waals surface area (Å²) >= 11 is 0. The minimum absolute atomic E-state index is 0.0236. The molecule has 0 bridgehead atoms. The van der Waals surface area contributed by atoms with Crippen molar-refractivity contribution in [2.24, 2.45) is 5.92 Å². The molecule has 6 nitrogen and oxygen atoms in total.